The third kappa shape index (κ3) is 2.46. The fraction of sp³-hybridized carbons (Fsp3) is 0.385. The average molecular weight is 189 g/mol. The fourth-order valence-electron chi connectivity index (χ4n) is 1.73. The lowest BCUT2D eigenvalue weighted by atomic mass is 9.98. The molecule has 1 aliphatic rings. The Morgan fingerprint density at radius 3 is 2.57 bits per heavy atom. The highest BCUT2D eigenvalue weighted by atomic mass is 14.7. The highest BCUT2D eigenvalue weighted by Crippen LogP contribution is 2.24. The molecule has 76 valence electrons. The molecule has 0 aromatic carbocycles. The van der Waals surface area contributed by atoms with E-state index < -0.39 is 0 Å². The van der Waals surface area contributed by atoms with Gasteiger partial charge >= 0.3 is 0 Å². The van der Waals surface area contributed by atoms with Crippen LogP contribution in [-0.4, -0.2) is 5.54 Å². The first kappa shape index (κ1) is 11.0. The third-order valence-electron chi connectivity index (χ3n) is 2.40. The Bertz CT molecular complexity index is 338. The third-order valence-corrected chi connectivity index (χ3v) is 2.40. The zero-order valence-corrected chi connectivity index (χ0v) is 9.46. The summed E-state index contributed by atoms with van der Waals surface area (Å²) in [4.78, 5) is 0. The van der Waals surface area contributed by atoms with Gasteiger partial charge in [0, 0.05) is 0 Å². The van der Waals surface area contributed by atoms with Crippen molar-refractivity contribution < 1.29 is 0 Å². The van der Waals surface area contributed by atoms with Crippen LogP contribution in [0, 0.1) is 0 Å². The Labute approximate surface area is 86.7 Å². The van der Waals surface area contributed by atoms with Crippen molar-refractivity contribution in [2.75, 3.05) is 0 Å². The second-order valence-electron chi connectivity index (χ2n) is 4.12. The van der Waals surface area contributed by atoms with Crippen molar-refractivity contribution in [2.24, 2.45) is 5.73 Å². The van der Waals surface area contributed by atoms with Gasteiger partial charge in [-0.3, -0.25) is 0 Å². The first-order valence-corrected chi connectivity index (χ1v) is 4.98. The van der Waals surface area contributed by atoms with Gasteiger partial charge in [-0.25, -0.2) is 0 Å². The molecule has 0 heterocycles. The summed E-state index contributed by atoms with van der Waals surface area (Å²) < 4.78 is 0. The SMILES string of the molecule is C/C=C\C1=C(C)C=CC(C)(N)C=C1C. The molecule has 1 unspecified atom stereocenters. The number of hydrogen-bond acceptors (Lipinski definition) is 1. The lowest BCUT2D eigenvalue weighted by Gasteiger charge is -2.14. The van der Waals surface area contributed by atoms with Crippen LogP contribution >= 0.6 is 0 Å². The van der Waals surface area contributed by atoms with Crippen molar-refractivity contribution in [2.45, 2.75) is 33.2 Å². The molecule has 14 heavy (non-hydrogen) atoms. The van der Waals surface area contributed by atoms with E-state index in [0.29, 0.717) is 0 Å². The first-order chi connectivity index (χ1) is 6.46. The van der Waals surface area contributed by atoms with Gasteiger partial charge in [-0.2, -0.15) is 0 Å². The van der Waals surface area contributed by atoms with Crippen molar-refractivity contribution >= 4 is 0 Å². The molecule has 1 rings (SSSR count). The Morgan fingerprint density at radius 2 is 2.00 bits per heavy atom. The van der Waals surface area contributed by atoms with Crippen molar-refractivity contribution in [1.29, 1.82) is 0 Å². The molecule has 0 aromatic rings. The van der Waals surface area contributed by atoms with Gasteiger partial charge in [-0.05, 0) is 44.4 Å². The number of hydrogen-bond donors (Lipinski definition) is 1. The van der Waals surface area contributed by atoms with E-state index in [1.54, 1.807) is 0 Å². The molecular formula is C13H19N. The van der Waals surface area contributed by atoms with Crippen LogP contribution in [0.25, 0.3) is 0 Å². The van der Waals surface area contributed by atoms with Gasteiger partial charge in [0.05, 0.1) is 5.54 Å². The lowest BCUT2D eigenvalue weighted by molar-refractivity contribution is 0.731. The summed E-state index contributed by atoms with van der Waals surface area (Å²) in [6.45, 7) is 8.27. The van der Waals surface area contributed by atoms with Crippen LogP contribution in [0.15, 0.2) is 47.1 Å². The molecule has 1 nitrogen and oxygen atoms in total. The molecule has 1 atom stereocenters. The summed E-state index contributed by atoms with van der Waals surface area (Å²) in [5.41, 5.74) is 9.54. The summed E-state index contributed by atoms with van der Waals surface area (Å²) in [7, 11) is 0. The topological polar surface area (TPSA) is 26.0 Å². The predicted molar refractivity (Wildman–Crippen MR) is 63.0 cm³/mol. The van der Waals surface area contributed by atoms with Crippen molar-refractivity contribution in [1.82, 2.24) is 0 Å². The highest BCUT2D eigenvalue weighted by Gasteiger charge is 2.15. The van der Waals surface area contributed by atoms with Gasteiger partial charge in [-0.15, -0.1) is 0 Å². The Hall–Kier alpha value is -1.08. The minimum absolute atomic E-state index is 0.325. The fourth-order valence-corrected chi connectivity index (χ4v) is 1.73. The second kappa shape index (κ2) is 3.97. The predicted octanol–water partition coefficient (Wildman–Crippen LogP) is 3.11. The molecule has 0 fully saturated rings. The van der Waals surface area contributed by atoms with Crippen LogP contribution in [0.4, 0.5) is 0 Å². The van der Waals surface area contributed by atoms with Gasteiger partial charge in [0.15, 0.2) is 0 Å². The van der Waals surface area contributed by atoms with E-state index in [1.165, 1.54) is 16.7 Å². The number of rotatable bonds is 1. The van der Waals surface area contributed by atoms with E-state index in [0.717, 1.165) is 0 Å². The number of allylic oxidation sites excluding steroid dienone is 6. The van der Waals surface area contributed by atoms with Gasteiger partial charge < -0.3 is 5.73 Å². The summed E-state index contributed by atoms with van der Waals surface area (Å²) in [6, 6.07) is 0. The number of nitrogens with two attached hydrogens (primary N) is 1. The molecule has 2 N–H and O–H groups in total. The van der Waals surface area contributed by atoms with Gasteiger partial charge in [0.2, 0.25) is 0 Å². The molecule has 0 saturated heterocycles. The summed E-state index contributed by atoms with van der Waals surface area (Å²) in [5.74, 6) is 0. The van der Waals surface area contributed by atoms with Crippen LogP contribution in [0.3, 0.4) is 0 Å². The smallest absolute Gasteiger partial charge is 0.0505 e. The molecule has 1 heteroatoms. The summed E-state index contributed by atoms with van der Waals surface area (Å²) in [5, 5.41) is 0. The van der Waals surface area contributed by atoms with Gasteiger partial charge in [0.1, 0.15) is 0 Å². The second-order valence-corrected chi connectivity index (χ2v) is 4.12. The van der Waals surface area contributed by atoms with Gasteiger partial charge in [-0.1, -0.05) is 30.4 Å². The van der Waals surface area contributed by atoms with Crippen LogP contribution in [0.1, 0.15) is 27.7 Å². The van der Waals surface area contributed by atoms with E-state index >= 15 is 0 Å². The van der Waals surface area contributed by atoms with Crippen LogP contribution < -0.4 is 5.73 Å². The van der Waals surface area contributed by atoms with E-state index in [4.69, 9.17) is 5.73 Å². The standard InChI is InChI=1S/C13H19N/c1-5-6-12-10(2)7-8-13(4,14)9-11(12)3/h5-9H,14H2,1-4H3/b6-5-. The quantitative estimate of drug-likeness (QED) is 0.674. The maximum absolute atomic E-state index is 6.07. The Kier molecular flexibility index (Phi) is 3.12. The molecule has 1 aliphatic carbocycles. The molecule has 0 radical (unpaired) electrons. The molecule has 0 bridgehead atoms. The zero-order chi connectivity index (χ0) is 10.8. The van der Waals surface area contributed by atoms with E-state index in [-0.39, 0.29) is 5.54 Å². The average Bonchev–Trinajstić information content (AvgIpc) is 2.16. The van der Waals surface area contributed by atoms with E-state index in [2.05, 4.69) is 38.2 Å². The van der Waals surface area contributed by atoms with Crippen molar-refractivity contribution in [3.63, 3.8) is 0 Å². The highest BCUT2D eigenvalue weighted by molar-refractivity contribution is 5.49. The molecule has 0 aliphatic heterocycles. The molecule has 0 amide bonds. The minimum atomic E-state index is -0.325. The Balaban J connectivity index is 3.22. The minimum Gasteiger partial charge on any atom is -0.319 e. The molecular weight excluding hydrogens is 170 g/mol. The lowest BCUT2D eigenvalue weighted by Crippen LogP contribution is -2.30. The maximum atomic E-state index is 6.07. The first-order valence-electron chi connectivity index (χ1n) is 4.98. The summed E-state index contributed by atoms with van der Waals surface area (Å²) >= 11 is 0. The van der Waals surface area contributed by atoms with Crippen LogP contribution in [-0.2, 0) is 0 Å². The van der Waals surface area contributed by atoms with E-state index in [9.17, 15) is 0 Å². The van der Waals surface area contributed by atoms with Crippen LogP contribution in [0.5, 0.6) is 0 Å². The zero-order valence-electron chi connectivity index (χ0n) is 9.46. The normalized spacial score (nSPS) is 28.2. The van der Waals surface area contributed by atoms with Crippen molar-refractivity contribution in [3.05, 3.63) is 47.1 Å². The monoisotopic (exact) mass is 189 g/mol. The van der Waals surface area contributed by atoms with Crippen molar-refractivity contribution in [3.8, 4) is 0 Å². The maximum Gasteiger partial charge on any atom is 0.0505 e. The molecule has 0 spiro atoms. The van der Waals surface area contributed by atoms with Crippen LogP contribution in [0.2, 0.25) is 0 Å². The Morgan fingerprint density at radius 1 is 1.36 bits per heavy atom. The van der Waals surface area contributed by atoms with Gasteiger partial charge in [0.25, 0.3) is 0 Å². The summed E-state index contributed by atoms with van der Waals surface area (Å²) in [6.07, 6.45) is 10.4. The molecule has 0 aromatic heterocycles. The molecule has 0 saturated carbocycles. The van der Waals surface area contributed by atoms with E-state index in [1.807, 2.05) is 19.9 Å². The largest absolute Gasteiger partial charge is 0.319 e.